The van der Waals surface area contributed by atoms with Crippen LogP contribution in [0.3, 0.4) is 0 Å². The highest BCUT2D eigenvalue weighted by Gasteiger charge is 2.47. The van der Waals surface area contributed by atoms with Crippen molar-refractivity contribution in [3.05, 3.63) is 149 Å². The van der Waals surface area contributed by atoms with Crippen molar-refractivity contribution in [3.63, 3.8) is 0 Å². The molecule has 84 heavy (non-hydrogen) atoms. The molecule has 2 aromatic heterocycles. The molecule has 22 heteroatoms. The maximum Gasteiger partial charge on any atom is 0.229 e. The van der Waals surface area contributed by atoms with Crippen LogP contribution in [0.5, 0.6) is 17.2 Å². The minimum Gasteiger partial charge on any atom is -0.462 e. The van der Waals surface area contributed by atoms with E-state index in [4.69, 9.17) is 38.4 Å². The summed E-state index contributed by atoms with van der Waals surface area (Å²) in [6.45, 7) is -1.94. The fraction of sp³-hybridized carbons (Fsp3) is 0.323. The SMILES string of the molecule is OC[C@H]1O[C@@H](Oc2cccc(-c3c4nc(c(-c5ccccc5)c5ccc([nH]5)c(-c5cccc(O[C@@H]6O[C@H](CO)[C@@H](O)[C@@H](O)[C@H]6O)c5)c5nc(c(-c6cccc(O[C@@H]7O[C@H](CO)[C@@H](O)[C@@H](O)[C@H]7O)c6)c6[nH]c3CC6)C=C5)C=C4)c2)[C@H](O)[C@H](O)[C@@H]1O. The van der Waals surface area contributed by atoms with Crippen LogP contribution >= 0.6 is 0 Å². The first kappa shape index (κ1) is 57.0. The molecule has 0 unspecified atom stereocenters. The molecule has 438 valence electrons. The molecular formula is C62H62N4O18. The number of aryl methyl sites for hydroxylation is 2. The molecule has 14 N–H and O–H groups in total. The zero-order valence-electron chi connectivity index (χ0n) is 44.7. The first-order chi connectivity index (χ1) is 40.7. The molecule has 8 bridgehead atoms. The van der Waals surface area contributed by atoms with Crippen LogP contribution in [0.2, 0.25) is 0 Å². The summed E-state index contributed by atoms with van der Waals surface area (Å²) in [5.41, 5.74) is 10.3. The van der Waals surface area contributed by atoms with E-state index in [-0.39, 0.29) is 17.2 Å². The van der Waals surface area contributed by atoms with E-state index in [0.29, 0.717) is 80.0 Å². The Morgan fingerprint density at radius 3 is 1.07 bits per heavy atom. The molecule has 6 aliphatic heterocycles. The van der Waals surface area contributed by atoms with Gasteiger partial charge in [0.25, 0.3) is 0 Å². The third-order valence-corrected chi connectivity index (χ3v) is 15.8. The number of hydrogen-bond acceptors (Lipinski definition) is 20. The number of aliphatic hydroxyl groups is 12. The van der Waals surface area contributed by atoms with Gasteiger partial charge in [-0.1, -0.05) is 66.7 Å². The van der Waals surface area contributed by atoms with E-state index in [9.17, 15) is 61.3 Å². The lowest BCUT2D eigenvalue weighted by molar-refractivity contribution is -0.277. The third-order valence-electron chi connectivity index (χ3n) is 15.8. The summed E-state index contributed by atoms with van der Waals surface area (Å²) in [5.74, 6) is 0.655. The van der Waals surface area contributed by atoms with Crippen LogP contribution in [0.15, 0.2) is 115 Å². The van der Waals surface area contributed by atoms with Crippen molar-refractivity contribution in [2.45, 2.75) is 105 Å². The van der Waals surface area contributed by atoms with Crippen LogP contribution in [0, 0.1) is 0 Å². The summed E-state index contributed by atoms with van der Waals surface area (Å²) in [4.78, 5) is 18.2. The quantitative estimate of drug-likeness (QED) is 0.0788. The van der Waals surface area contributed by atoms with Gasteiger partial charge in [-0.2, -0.15) is 0 Å². The zero-order valence-corrected chi connectivity index (χ0v) is 44.7. The van der Waals surface area contributed by atoms with Gasteiger partial charge in [0.1, 0.15) is 90.5 Å². The van der Waals surface area contributed by atoms with Crippen molar-refractivity contribution in [1.82, 2.24) is 19.9 Å². The average Bonchev–Trinajstić information content (AvgIpc) is 4.41. The lowest BCUT2D eigenvalue weighted by Crippen LogP contribution is -2.60. The number of aliphatic hydroxyl groups excluding tert-OH is 12. The Labute approximate surface area is 479 Å². The van der Waals surface area contributed by atoms with E-state index in [1.165, 1.54) is 0 Å². The average molecular weight is 1150 g/mol. The Hall–Kier alpha value is -7.46. The number of ether oxygens (including phenoxy) is 6. The Morgan fingerprint density at radius 1 is 0.369 bits per heavy atom. The summed E-state index contributed by atoms with van der Waals surface area (Å²) < 4.78 is 35.7. The van der Waals surface area contributed by atoms with Gasteiger partial charge in [0.2, 0.25) is 18.9 Å². The first-order valence-corrected chi connectivity index (χ1v) is 27.4. The van der Waals surface area contributed by atoms with E-state index in [0.717, 1.165) is 22.5 Å². The number of nitrogens with one attached hydrogen (secondary N) is 2. The second kappa shape index (κ2) is 23.9. The second-order valence-electron chi connectivity index (χ2n) is 21.2. The van der Waals surface area contributed by atoms with E-state index < -0.39 is 112 Å². The highest BCUT2D eigenvalue weighted by atomic mass is 16.7. The predicted octanol–water partition coefficient (Wildman–Crippen LogP) is 2.37. The standard InChI is InChI=1S/C62H62N4O18/c67-26-44-51(70)54(73)57(76)60(82-44)79-33-12-4-9-30(23-33)48-38-17-15-36(63-38)47(29-7-2-1-3-8-29)37-16-18-39(64-37)49(31-10-5-13-34(24-31)80-61-58(77)55(74)52(71)45(27-68)83-61)41-20-22-43(66-41)50(42-21-19-40(48)65-42)32-11-6-14-35(25-32)81-62-59(78)56(75)53(72)46(28-69)84-62/h1-19,21,23-25,44-46,51-63,66-78H,20,22,26-28H2/t44-,45-,46-,51-,52-,53-,54-,55-,56-,57-,58-,59-,60-,61-,62-/m1/s1. The van der Waals surface area contributed by atoms with Gasteiger partial charge in [-0.15, -0.1) is 0 Å². The molecule has 0 aliphatic carbocycles. The normalized spacial score (nSPS) is 28.9. The van der Waals surface area contributed by atoms with Gasteiger partial charge in [0.15, 0.2) is 0 Å². The van der Waals surface area contributed by atoms with Gasteiger partial charge in [-0.3, -0.25) is 0 Å². The summed E-state index contributed by atoms with van der Waals surface area (Å²) >= 11 is 0. The van der Waals surface area contributed by atoms with Crippen LogP contribution in [0.1, 0.15) is 34.2 Å². The van der Waals surface area contributed by atoms with Crippen LogP contribution in [-0.4, -0.2) is 193 Å². The lowest BCUT2D eigenvalue weighted by Gasteiger charge is -2.39. The van der Waals surface area contributed by atoms with Crippen molar-refractivity contribution in [3.8, 4) is 61.8 Å². The molecule has 12 rings (SSSR count). The molecular weight excluding hydrogens is 1090 g/mol. The highest BCUT2D eigenvalue weighted by molar-refractivity contribution is 5.97. The maximum atomic E-state index is 11.0. The molecule has 6 aliphatic rings. The van der Waals surface area contributed by atoms with Crippen LogP contribution in [-0.2, 0) is 27.1 Å². The smallest absolute Gasteiger partial charge is 0.229 e. The summed E-state index contributed by atoms with van der Waals surface area (Å²) in [6.07, 6.45) is -14.4. The summed E-state index contributed by atoms with van der Waals surface area (Å²) in [6, 6.07) is 34.5. The molecule has 3 fully saturated rings. The molecule has 22 nitrogen and oxygen atoms in total. The molecule has 3 saturated heterocycles. The van der Waals surface area contributed by atoms with E-state index in [1.807, 2.05) is 85.0 Å². The minimum absolute atomic E-state index is 0.205. The Balaban J connectivity index is 1.07. The number of aromatic amines is 2. The molecule has 6 aromatic rings. The summed E-state index contributed by atoms with van der Waals surface area (Å²) in [5, 5.41) is 126. The van der Waals surface area contributed by atoms with Crippen molar-refractivity contribution in [2.75, 3.05) is 19.8 Å². The first-order valence-electron chi connectivity index (χ1n) is 27.4. The van der Waals surface area contributed by atoms with Gasteiger partial charge >= 0.3 is 0 Å². The lowest BCUT2D eigenvalue weighted by atomic mass is 9.98. The van der Waals surface area contributed by atoms with Crippen molar-refractivity contribution < 1.29 is 89.7 Å². The van der Waals surface area contributed by atoms with E-state index >= 15 is 0 Å². The molecule has 15 atom stereocenters. The number of nitrogens with zero attached hydrogens (tertiary/aromatic N) is 2. The zero-order chi connectivity index (χ0) is 58.5. The van der Waals surface area contributed by atoms with Gasteiger partial charge < -0.3 is 99.7 Å². The van der Waals surface area contributed by atoms with Crippen LogP contribution in [0.25, 0.3) is 79.8 Å². The third kappa shape index (κ3) is 10.9. The summed E-state index contributed by atoms with van der Waals surface area (Å²) in [7, 11) is 0. The van der Waals surface area contributed by atoms with E-state index in [2.05, 4.69) is 9.97 Å². The Kier molecular flexibility index (Phi) is 16.2. The number of rotatable bonds is 13. The number of benzene rings is 4. The number of hydrogen-bond donors (Lipinski definition) is 14. The second-order valence-corrected chi connectivity index (χ2v) is 21.2. The molecule has 4 aromatic carbocycles. The predicted molar refractivity (Wildman–Crippen MR) is 303 cm³/mol. The molecule has 0 amide bonds. The van der Waals surface area contributed by atoms with Crippen LogP contribution < -0.4 is 14.2 Å². The molecule has 0 saturated carbocycles. The van der Waals surface area contributed by atoms with E-state index in [1.54, 1.807) is 54.6 Å². The van der Waals surface area contributed by atoms with Crippen molar-refractivity contribution in [1.29, 1.82) is 0 Å². The number of fused-ring (bicyclic) bond motifs is 8. The number of H-pyrrole nitrogens is 2. The minimum atomic E-state index is -1.69. The maximum absolute atomic E-state index is 11.0. The number of aromatic nitrogens is 4. The highest BCUT2D eigenvalue weighted by Crippen LogP contribution is 2.42. The molecule has 0 spiro atoms. The Morgan fingerprint density at radius 2 is 0.702 bits per heavy atom. The monoisotopic (exact) mass is 1150 g/mol. The van der Waals surface area contributed by atoms with Crippen LogP contribution in [0.4, 0.5) is 0 Å². The molecule has 0 radical (unpaired) electrons. The molecule has 8 heterocycles. The van der Waals surface area contributed by atoms with Gasteiger partial charge in [0, 0.05) is 44.7 Å². The van der Waals surface area contributed by atoms with Gasteiger partial charge in [0.05, 0.1) is 42.6 Å². The Bertz CT molecular complexity index is 3660. The van der Waals surface area contributed by atoms with Crippen molar-refractivity contribution >= 4 is 35.3 Å². The topological polar surface area (TPSA) is 356 Å². The fourth-order valence-electron chi connectivity index (χ4n) is 11.4. The fourth-order valence-corrected chi connectivity index (χ4v) is 11.4. The van der Waals surface area contributed by atoms with Crippen molar-refractivity contribution in [2.24, 2.45) is 0 Å². The van der Waals surface area contributed by atoms with Gasteiger partial charge in [-0.25, -0.2) is 9.97 Å². The largest absolute Gasteiger partial charge is 0.462 e. The van der Waals surface area contributed by atoms with Gasteiger partial charge in [-0.05, 0) is 108 Å².